The van der Waals surface area contributed by atoms with E-state index in [1.54, 1.807) is 11.3 Å². The fourth-order valence-corrected chi connectivity index (χ4v) is 4.97. The van der Waals surface area contributed by atoms with E-state index in [1.165, 1.54) is 4.88 Å². The average Bonchev–Trinajstić information content (AvgIpc) is 2.98. The van der Waals surface area contributed by atoms with Crippen LogP contribution >= 0.6 is 11.3 Å². The maximum atomic E-state index is 12.1. The third-order valence-corrected chi connectivity index (χ3v) is 6.67. The fourth-order valence-electron chi connectivity index (χ4n) is 2.90. The van der Waals surface area contributed by atoms with Crippen molar-refractivity contribution in [1.82, 2.24) is 15.6 Å². The van der Waals surface area contributed by atoms with Gasteiger partial charge >= 0.3 is 0 Å². The molecule has 7 heteroatoms. The van der Waals surface area contributed by atoms with Gasteiger partial charge in [0.1, 0.15) is 0 Å². The number of aliphatic imine (C=N–C) groups is 1. The van der Waals surface area contributed by atoms with Gasteiger partial charge in [-0.15, -0.1) is 11.3 Å². The highest BCUT2D eigenvalue weighted by molar-refractivity contribution is 7.85. The first-order chi connectivity index (χ1) is 11.1. The van der Waals surface area contributed by atoms with E-state index in [0.717, 1.165) is 48.9 Å². The third kappa shape index (κ3) is 5.88. The van der Waals surface area contributed by atoms with Crippen LogP contribution in [0.2, 0.25) is 0 Å². The van der Waals surface area contributed by atoms with Gasteiger partial charge < -0.3 is 10.6 Å². The van der Waals surface area contributed by atoms with Gasteiger partial charge in [0.25, 0.3) is 0 Å². The first-order valence-corrected chi connectivity index (χ1v) is 10.7. The third-order valence-electron chi connectivity index (χ3n) is 4.03. The maximum Gasteiger partial charge on any atom is 0.191 e. The van der Waals surface area contributed by atoms with Crippen molar-refractivity contribution in [1.29, 1.82) is 0 Å². The van der Waals surface area contributed by atoms with Crippen molar-refractivity contribution in [2.75, 3.05) is 12.3 Å². The van der Waals surface area contributed by atoms with Gasteiger partial charge in [-0.3, -0.25) is 4.21 Å². The predicted molar refractivity (Wildman–Crippen MR) is 99.5 cm³/mol. The Hall–Kier alpha value is -0.950. The lowest BCUT2D eigenvalue weighted by molar-refractivity contribution is 0.413. The topological polar surface area (TPSA) is 66.4 Å². The summed E-state index contributed by atoms with van der Waals surface area (Å²) in [6.45, 7) is 7.58. The molecule has 0 aliphatic heterocycles. The van der Waals surface area contributed by atoms with Gasteiger partial charge in [0.2, 0.25) is 0 Å². The van der Waals surface area contributed by atoms with Crippen LogP contribution in [0.4, 0.5) is 0 Å². The molecule has 0 spiro atoms. The molecule has 1 aliphatic carbocycles. The quantitative estimate of drug-likeness (QED) is 0.607. The van der Waals surface area contributed by atoms with Crippen LogP contribution in [-0.4, -0.2) is 38.7 Å². The van der Waals surface area contributed by atoms with Crippen LogP contribution in [0.15, 0.2) is 11.2 Å². The average molecular weight is 357 g/mol. The minimum Gasteiger partial charge on any atom is -0.357 e. The lowest BCUT2D eigenvalue weighted by atomic mass is 9.95. The van der Waals surface area contributed by atoms with Gasteiger partial charge in [-0.1, -0.05) is 13.3 Å². The van der Waals surface area contributed by atoms with E-state index in [-0.39, 0.29) is 0 Å². The molecule has 23 heavy (non-hydrogen) atoms. The van der Waals surface area contributed by atoms with Crippen molar-refractivity contribution in [3.8, 4) is 0 Å². The summed E-state index contributed by atoms with van der Waals surface area (Å²) in [6, 6.07) is 0.366. The Balaban J connectivity index is 1.93. The van der Waals surface area contributed by atoms with E-state index in [4.69, 9.17) is 0 Å². The molecule has 1 aliphatic rings. The molecule has 3 atom stereocenters. The summed E-state index contributed by atoms with van der Waals surface area (Å²) >= 11 is 1.69. The van der Waals surface area contributed by atoms with E-state index >= 15 is 0 Å². The molecule has 5 nitrogen and oxygen atoms in total. The van der Waals surface area contributed by atoms with Crippen molar-refractivity contribution in [2.45, 2.75) is 64.3 Å². The zero-order chi connectivity index (χ0) is 16.7. The van der Waals surface area contributed by atoms with Crippen LogP contribution in [0.5, 0.6) is 0 Å². The second-order valence-electron chi connectivity index (χ2n) is 5.84. The summed E-state index contributed by atoms with van der Waals surface area (Å²) in [5.74, 6) is 1.61. The first kappa shape index (κ1) is 18.4. The summed E-state index contributed by atoms with van der Waals surface area (Å²) in [5.41, 5.74) is 0. The molecule has 0 aromatic carbocycles. The van der Waals surface area contributed by atoms with Gasteiger partial charge in [0.05, 0.1) is 11.6 Å². The molecule has 1 saturated carbocycles. The highest BCUT2D eigenvalue weighted by Gasteiger charge is 2.25. The van der Waals surface area contributed by atoms with Gasteiger partial charge in [-0.05, 0) is 33.1 Å². The minimum atomic E-state index is -0.690. The standard InChI is InChI=1S/C16H28N4OS2/c1-4-17-16(19-11-14-10-18-12(3)22-14)20-13-7-6-8-15(9-13)23(21)5-2/h10,13,15H,4-9,11H2,1-3H3,(H2,17,19,20). The van der Waals surface area contributed by atoms with Gasteiger partial charge in [-0.2, -0.15) is 0 Å². The fraction of sp³-hybridized carbons (Fsp3) is 0.750. The number of nitrogens with zero attached hydrogens (tertiary/aromatic N) is 2. The van der Waals surface area contributed by atoms with Crippen molar-refractivity contribution >= 4 is 28.1 Å². The van der Waals surface area contributed by atoms with Crippen LogP contribution in [0.25, 0.3) is 0 Å². The number of aryl methyl sites for hydroxylation is 1. The Labute approximate surface area is 145 Å². The van der Waals surface area contributed by atoms with E-state index in [1.807, 2.05) is 20.0 Å². The van der Waals surface area contributed by atoms with Crippen molar-refractivity contribution in [3.05, 3.63) is 16.1 Å². The molecule has 0 bridgehead atoms. The van der Waals surface area contributed by atoms with Crippen LogP contribution in [0.1, 0.15) is 49.4 Å². The number of hydrogen-bond acceptors (Lipinski definition) is 4. The Kier molecular flexibility index (Phi) is 7.49. The van der Waals surface area contributed by atoms with Crippen molar-refractivity contribution < 1.29 is 4.21 Å². The molecule has 1 fully saturated rings. The van der Waals surface area contributed by atoms with E-state index < -0.39 is 10.8 Å². The van der Waals surface area contributed by atoms with Gasteiger partial charge in [-0.25, -0.2) is 9.98 Å². The highest BCUT2D eigenvalue weighted by atomic mass is 32.2. The minimum absolute atomic E-state index is 0.332. The predicted octanol–water partition coefficient (Wildman–Crippen LogP) is 2.59. The largest absolute Gasteiger partial charge is 0.357 e. The smallest absolute Gasteiger partial charge is 0.191 e. The van der Waals surface area contributed by atoms with Crippen molar-refractivity contribution in [2.24, 2.45) is 4.99 Å². The van der Waals surface area contributed by atoms with E-state index in [9.17, 15) is 4.21 Å². The SMILES string of the molecule is CCNC(=NCc1cnc(C)s1)NC1CCCC(S(=O)CC)C1. The zero-order valence-corrected chi connectivity index (χ0v) is 15.9. The van der Waals surface area contributed by atoms with E-state index in [2.05, 4.69) is 27.5 Å². The van der Waals surface area contributed by atoms with Gasteiger partial charge in [0, 0.05) is 45.5 Å². The summed E-state index contributed by atoms with van der Waals surface area (Å²) in [6.07, 6.45) is 6.23. The van der Waals surface area contributed by atoms with Crippen LogP contribution in [-0.2, 0) is 17.3 Å². The molecule has 0 radical (unpaired) electrons. The van der Waals surface area contributed by atoms with E-state index in [0.29, 0.717) is 17.8 Å². The normalized spacial score (nSPS) is 23.5. The number of rotatable bonds is 6. The zero-order valence-electron chi connectivity index (χ0n) is 14.3. The molecule has 3 unspecified atom stereocenters. The monoisotopic (exact) mass is 356 g/mol. The lowest BCUT2D eigenvalue weighted by Crippen LogP contribution is -2.46. The number of thiazole rings is 1. The summed E-state index contributed by atoms with van der Waals surface area (Å²) in [4.78, 5) is 10.1. The summed E-state index contributed by atoms with van der Waals surface area (Å²) in [5, 5.41) is 8.25. The molecular weight excluding hydrogens is 328 g/mol. The Morgan fingerprint density at radius 2 is 2.30 bits per heavy atom. The maximum absolute atomic E-state index is 12.1. The Morgan fingerprint density at radius 1 is 1.48 bits per heavy atom. The summed E-state index contributed by atoms with van der Waals surface area (Å²) in [7, 11) is -0.690. The summed E-state index contributed by atoms with van der Waals surface area (Å²) < 4.78 is 12.1. The molecule has 2 rings (SSSR count). The van der Waals surface area contributed by atoms with Crippen LogP contribution in [0, 0.1) is 6.92 Å². The number of hydrogen-bond donors (Lipinski definition) is 2. The molecule has 1 aromatic heterocycles. The van der Waals surface area contributed by atoms with Crippen LogP contribution < -0.4 is 10.6 Å². The molecule has 1 heterocycles. The molecular formula is C16H28N4OS2. The second-order valence-corrected chi connectivity index (χ2v) is 9.16. The first-order valence-electron chi connectivity index (χ1n) is 8.45. The molecule has 2 N–H and O–H groups in total. The Bertz CT molecular complexity index is 544. The highest BCUT2D eigenvalue weighted by Crippen LogP contribution is 2.23. The number of aromatic nitrogens is 1. The lowest BCUT2D eigenvalue weighted by Gasteiger charge is -2.30. The second kappa shape index (κ2) is 9.37. The molecule has 1 aromatic rings. The van der Waals surface area contributed by atoms with Gasteiger partial charge in [0.15, 0.2) is 5.96 Å². The Morgan fingerprint density at radius 3 is 2.96 bits per heavy atom. The van der Waals surface area contributed by atoms with Crippen molar-refractivity contribution in [3.63, 3.8) is 0 Å². The molecule has 0 amide bonds. The molecule has 0 saturated heterocycles. The van der Waals surface area contributed by atoms with Crippen LogP contribution in [0.3, 0.4) is 0 Å². The number of guanidine groups is 1. The number of nitrogens with one attached hydrogen (secondary N) is 2. The molecule has 130 valence electrons.